The Morgan fingerprint density at radius 3 is 2.42 bits per heavy atom. The highest BCUT2D eigenvalue weighted by Crippen LogP contribution is 2.17. The zero-order chi connectivity index (χ0) is 14.5. The monoisotopic (exact) mass is 291 g/mol. The molecule has 112 valence electrons. The predicted molar refractivity (Wildman–Crippen MR) is 77.1 cm³/mol. The Morgan fingerprint density at radius 1 is 1.37 bits per heavy atom. The van der Waals surface area contributed by atoms with Crippen molar-refractivity contribution in [3.05, 3.63) is 0 Å². The lowest BCUT2D eigenvalue weighted by molar-refractivity contribution is 0.463. The first-order valence-electron chi connectivity index (χ1n) is 6.48. The van der Waals surface area contributed by atoms with Crippen molar-refractivity contribution in [2.75, 3.05) is 12.8 Å². The molecule has 0 radical (unpaired) electrons. The fourth-order valence-corrected chi connectivity index (χ4v) is 3.28. The number of nitrogens with two attached hydrogens (primary N) is 1. The molecule has 0 bridgehead atoms. The minimum absolute atomic E-state index is 0.305. The third kappa shape index (κ3) is 6.74. The Morgan fingerprint density at radius 2 is 1.95 bits per heavy atom. The Hall–Kier alpha value is -0.860. The van der Waals surface area contributed by atoms with E-state index >= 15 is 0 Å². The minimum Gasteiger partial charge on any atom is -0.353 e. The van der Waals surface area contributed by atoms with E-state index in [2.05, 4.69) is 20.5 Å². The maximum absolute atomic E-state index is 11.2. The van der Waals surface area contributed by atoms with Crippen molar-refractivity contribution >= 4 is 16.0 Å². The van der Waals surface area contributed by atoms with Gasteiger partial charge in [0.15, 0.2) is 0 Å². The van der Waals surface area contributed by atoms with E-state index in [1.165, 1.54) is 12.8 Å². The third-order valence-electron chi connectivity index (χ3n) is 2.93. The lowest BCUT2D eigenvalue weighted by Gasteiger charge is -2.23. The first-order valence-corrected chi connectivity index (χ1v) is 8.37. The van der Waals surface area contributed by atoms with Gasteiger partial charge in [0.2, 0.25) is 16.0 Å². The van der Waals surface area contributed by atoms with Crippen LogP contribution < -0.4 is 21.3 Å². The molecule has 8 heteroatoms. The van der Waals surface area contributed by atoms with Gasteiger partial charge in [-0.25, -0.2) is 19.0 Å². The predicted octanol–water partition coefficient (Wildman–Crippen LogP) is -0.334. The number of aliphatic imine (C=N–C) groups is 1. The van der Waals surface area contributed by atoms with Gasteiger partial charge in [-0.1, -0.05) is 12.8 Å². The Balaban J connectivity index is 2.55. The molecular formula is C11H25N5O2S. The zero-order valence-corrected chi connectivity index (χ0v) is 12.7. The molecule has 0 aromatic carbocycles. The van der Waals surface area contributed by atoms with Gasteiger partial charge in [0.05, 0.1) is 12.8 Å². The highest BCUT2D eigenvalue weighted by atomic mass is 32.2. The van der Waals surface area contributed by atoms with E-state index in [1.807, 2.05) is 0 Å². The molecule has 0 aromatic rings. The third-order valence-corrected chi connectivity index (χ3v) is 3.85. The molecule has 0 amide bonds. The number of hydrogen-bond acceptors (Lipinski definition) is 4. The molecule has 7 nitrogen and oxygen atoms in total. The van der Waals surface area contributed by atoms with E-state index in [-0.39, 0.29) is 0 Å². The molecule has 19 heavy (non-hydrogen) atoms. The minimum atomic E-state index is -3.25. The van der Waals surface area contributed by atoms with Crippen molar-refractivity contribution in [2.24, 2.45) is 10.8 Å². The second-order valence-corrected chi connectivity index (χ2v) is 7.44. The summed E-state index contributed by atoms with van der Waals surface area (Å²) in [6.07, 6.45) is 5.81. The van der Waals surface area contributed by atoms with Gasteiger partial charge in [-0.3, -0.25) is 10.4 Å². The molecular weight excluding hydrogens is 266 g/mol. The van der Waals surface area contributed by atoms with Gasteiger partial charge >= 0.3 is 0 Å². The van der Waals surface area contributed by atoms with Crippen LogP contribution in [0.15, 0.2) is 4.99 Å². The van der Waals surface area contributed by atoms with Crippen molar-refractivity contribution < 1.29 is 8.42 Å². The molecule has 0 atom stereocenters. The summed E-state index contributed by atoms with van der Waals surface area (Å²) < 4.78 is 25.0. The van der Waals surface area contributed by atoms with Gasteiger partial charge in [0.25, 0.3) is 0 Å². The first kappa shape index (κ1) is 16.2. The normalized spacial score (nSPS) is 18.6. The van der Waals surface area contributed by atoms with E-state index in [0.717, 1.165) is 19.1 Å². The van der Waals surface area contributed by atoms with Crippen molar-refractivity contribution in [2.45, 2.75) is 51.1 Å². The number of guanidine groups is 1. The van der Waals surface area contributed by atoms with Gasteiger partial charge in [-0.2, -0.15) is 0 Å². The first-order chi connectivity index (χ1) is 8.72. The van der Waals surface area contributed by atoms with E-state index in [1.54, 1.807) is 13.8 Å². The fourth-order valence-electron chi connectivity index (χ4n) is 2.21. The lowest BCUT2D eigenvalue weighted by atomic mass is 10.1. The smallest absolute Gasteiger partial charge is 0.209 e. The highest BCUT2D eigenvalue weighted by molar-refractivity contribution is 7.88. The standard InChI is InChI=1S/C11H25N5O2S/c1-11(2,16-19(3,17)18)8-13-10(15-12)14-9-6-4-5-7-9/h9,16H,4-8,12H2,1-3H3,(H2,13,14,15). The van der Waals surface area contributed by atoms with Crippen molar-refractivity contribution in [3.8, 4) is 0 Å². The van der Waals surface area contributed by atoms with Crippen LogP contribution in [-0.4, -0.2) is 38.8 Å². The maximum Gasteiger partial charge on any atom is 0.209 e. The maximum atomic E-state index is 11.2. The van der Waals surface area contributed by atoms with Crippen LogP contribution in [-0.2, 0) is 10.0 Å². The van der Waals surface area contributed by atoms with Crippen LogP contribution in [0.4, 0.5) is 0 Å². The van der Waals surface area contributed by atoms with Crippen molar-refractivity contribution in [1.82, 2.24) is 15.5 Å². The van der Waals surface area contributed by atoms with Gasteiger partial charge in [0, 0.05) is 11.6 Å². The molecule has 1 aliphatic carbocycles. The molecule has 1 saturated carbocycles. The number of rotatable bonds is 5. The van der Waals surface area contributed by atoms with Gasteiger partial charge in [0.1, 0.15) is 0 Å². The molecule has 0 aliphatic heterocycles. The summed E-state index contributed by atoms with van der Waals surface area (Å²) in [5.41, 5.74) is 1.88. The van der Waals surface area contributed by atoms with E-state index in [0.29, 0.717) is 18.5 Å². The molecule has 1 rings (SSSR count). The molecule has 1 fully saturated rings. The summed E-state index contributed by atoms with van der Waals surface area (Å²) in [6.45, 7) is 3.86. The summed E-state index contributed by atoms with van der Waals surface area (Å²) in [6, 6.07) is 0.403. The van der Waals surface area contributed by atoms with Crippen LogP contribution >= 0.6 is 0 Å². The molecule has 0 spiro atoms. The number of nitrogens with one attached hydrogen (secondary N) is 3. The molecule has 0 saturated heterocycles. The molecule has 0 unspecified atom stereocenters. The van der Waals surface area contributed by atoms with Crippen LogP contribution in [0.2, 0.25) is 0 Å². The molecule has 5 N–H and O–H groups in total. The van der Waals surface area contributed by atoms with Gasteiger partial charge in [-0.05, 0) is 26.7 Å². The number of hydrazine groups is 1. The zero-order valence-electron chi connectivity index (χ0n) is 11.9. The van der Waals surface area contributed by atoms with Crippen molar-refractivity contribution in [3.63, 3.8) is 0 Å². The van der Waals surface area contributed by atoms with E-state index in [9.17, 15) is 8.42 Å². The Kier molecular flexibility index (Phi) is 5.57. The molecule has 1 aliphatic rings. The SMILES string of the molecule is CC(C)(CN=C(NN)NC1CCCC1)NS(C)(=O)=O. The number of hydrogen-bond donors (Lipinski definition) is 4. The van der Waals surface area contributed by atoms with E-state index < -0.39 is 15.6 Å². The average Bonchev–Trinajstić information content (AvgIpc) is 2.73. The summed E-state index contributed by atoms with van der Waals surface area (Å²) >= 11 is 0. The molecule has 0 aromatic heterocycles. The second kappa shape index (κ2) is 6.53. The van der Waals surface area contributed by atoms with Gasteiger partial charge in [-0.15, -0.1) is 0 Å². The molecule has 0 heterocycles. The summed E-state index contributed by atoms with van der Waals surface area (Å²) in [5.74, 6) is 5.94. The van der Waals surface area contributed by atoms with Crippen LogP contribution in [0.1, 0.15) is 39.5 Å². The summed E-state index contributed by atoms with van der Waals surface area (Å²) in [4.78, 5) is 4.30. The lowest BCUT2D eigenvalue weighted by Crippen LogP contribution is -2.49. The van der Waals surface area contributed by atoms with E-state index in [4.69, 9.17) is 5.84 Å². The highest BCUT2D eigenvalue weighted by Gasteiger charge is 2.22. The van der Waals surface area contributed by atoms with Crippen LogP contribution in [0, 0.1) is 0 Å². The summed E-state index contributed by atoms with van der Waals surface area (Å²) in [5, 5.41) is 3.24. The Bertz CT molecular complexity index is 413. The topological polar surface area (TPSA) is 109 Å². The van der Waals surface area contributed by atoms with Crippen LogP contribution in [0.25, 0.3) is 0 Å². The number of sulfonamides is 1. The fraction of sp³-hybridized carbons (Fsp3) is 0.909. The largest absolute Gasteiger partial charge is 0.353 e. The average molecular weight is 291 g/mol. The van der Waals surface area contributed by atoms with Crippen LogP contribution in [0.5, 0.6) is 0 Å². The Labute approximate surface area is 115 Å². The van der Waals surface area contributed by atoms with Crippen molar-refractivity contribution in [1.29, 1.82) is 0 Å². The van der Waals surface area contributed by atoms with Gasteiger partial charge < -0.3 is 5.32 Å². The summed E-state index contributed by atoms with van der Waals surface area (Å²) in [7, 11) is -3.25. The quantitative estimate of drug-likeness (QED) is 0.240. The second-order valence-electron chi connectivity index (χ2n) is 5.69. The van der Waals surface area contributed by atoms with Crippen LogP contribution in [0.3, 0.4) is 0 Å². The number of nitrogens with zero attached hydrogens (tertiary/aromatic N) is 1.